The lowest BCUT2D eigenvalue weighted by molar-refractivity contribution is 0.122. The molecule has 0 spiro atoms. The molecular formula is C5H8FN3O. The van der Waals surface area contributed by atoms with Crippen LogP contribution in [0.3, 0.4) is 0 Å². The van der Waals surface area contributed by atoms with Crippen molar-refractivity contribution in [2.75, 3.05) is 6.67 Å². The maximum atomic E-state index is 11.7. The Morgan fingerprint density at radius 3 is 2.60 bits per heavy atom. The van der Waals surface area contributed by atoms with Gasteiger partial charge in [-0.1, -0.05) is 0 Å². The van der Waals surface area contributed by atoms with Crippen LogP contribution in [-0.4, -0.2) is 32.6 Å². The van der Waals surface area contributed by atoms with Crippen LogP contribution in [0, 0.1) is 0 Å². The fraction of sp³-hybridized carbons (Fsp3) is 0.600. The Balaban J connectivity index is 2.40. The molecule has 1 aromatic heterocycles. The number of halogens is 1. The zero-order valence-corrected chi connectivity index (χ0v) is 5.31. The Kier molecular flexibility index (Phi) is 2.33. The van der Waals surface area contributed by atoms with E-state index < -0.39 is 12.8 Å². The highest BCUT2D eigenvalue weighted by molar-refractivity contribution is 4.63. The Bertz CT molecular complexity index is 177. The third kappa shape index (κ3) is 1.77. The summed E-state index contributed by atoms with van der Waals surface area (Å²) in [6, 6.07) is 0. The molecule has 10 heavy (non-hydrogen) atoms. The average molecular weight is 145 g/mol. The summed E-state index contributed by atoms with van der Waals surface area (Å²) >= 11 is 0. The van der Waals surface area contributed by atoms with E-state index in [9.17, 15) is 4.39 Å². The zero-order chi connectivity index (χ0) is 7.40. The van der Waals surface area contributed by atoms with E-state index >= 15 is 0 Å². The van der Waals surface area contributed by atoms with E-state index in [4.69, 9.17) is 5.11 Å². The van der Waals surface area contributed by atoms with Gasteiger partial charge < -0.3 is 9.67 Å². The molecule has 1 unspecified atom stereocenters. The fourth-order valence-electron chi connectivity index (χ4n) is 0.609. The van der Waals surface area contributed by atoms with Crippen molar-refractivity contribution in [1.29, 1.82) is 0 Å². The molecule has 0 saturated heterocycles. The van der Waals surface area contributed by atoms with Crippen molar-refractivity contribution < 1.29 is 9.50 Å². The maximum absolute atomic E-state index is 11.7. The van der Waals surface area contributed by atoms with Crippen LogP contribution in [0.15, 0.2) is 12.7 Å². The van der Waals surface area contributed by atoms with E-state index in [0.717, 1.165) is 0 Å². The van der Waals surface area contributed by atoms with Crippen molar-refractivity contribution in [3.63, 3.8) is 0 Å². The van der Waals surface area contributed by atoms with Crippen molar-refractivity contribution in [2.45, 2.75) is 12.6 Å². The molecule has 0 aliphatic rings. The highest BCUT2D eigenvalue weighted by atomic mass is 19.1. The molecule has 0 amide bonds. The summed E-state index contributed by atoms with van der Waals surface area (Å²) < 4.78 is 13.2. The maximum Gasteiger partial charge on any atom is 0.119 e. The lowest BCUT2D eigenvalue weighted by Gasteiger charge is -2.03. The third-order valence-corrected chi connectivity index (χ3v) is 1.07. The second kappa shape index (κ2) is 3.26. The standard InChI is InChI=1S/C5H8FN3O/c6-1-5(10)2-9-3-7-8-4-9/h3-5,10H,1-2H2. The van der Waals surface area contributed by atoms with E-state index in [-0.39, 0.29) is 6.54 Å². The molecule has 5 heteroatoms. The Morgan fingerprint density at radius 1 is 1.50 bits per heavy atom. The molecule has 0 fully saturated rings. The van der Waals surface area contributed by atoms with Gasteiger partial charge in [0.05, 0.1) is 6.54 Å². The molecule has 0 aromatic carbocycles. The molecule has 1 rings (SSSR count). The number of hydrogen-bond donors (Lipinski definition) is 1. The van der Waals surface area contributed by atoms with Crippen molar-refractivity contribution in [3.05, 3.63) is 12.7 Å². The van der Waals surface area contributed by atoms with Crippen LogP contribution >= 0.6 is 0 Å². The van der Waals surface area contributed by atoms with Crippen LogP contribution < -0.4 is 0 Å². The SMILES string of the molecule is OC(CF)Cn1cnnc1. The molecule has 1 atom stereocenters. The smallest absolute Gasteiger partial charge is 0.119 e. The molecule has 1 N–H and O–H groups in total. The van der Waals surface area contributed by atoms with Crippen LogP contribution in [0.25, 0.3) is 0 Å². The first-order valence-corrected chi connectivity index (χ1v) is 2.89. The van der Waals surface area contributed by atoms with Gasteiger partial charge in [-0.25, -0.2) is 4.39 Å². The second-order valence-electron chi connectivity index (χ2n) is 1.97. The summed E-state index contributed by atoms with van der Waals surface area (Å²) in [7, 11) is 0. The summed E-state index contributed by atoms with van der Waals surface area (Å²) in [5.74, 6) is 0. The van der Waals surface area contributed by atoms with Crippen LogP contribution in [0.2, 0.25) is 0 Å². The molecule has 0 aliphatic carbocycles. The van der Waals surface area contributed by atoms with E-state index in [1.165, 1.54) is 17.2 Å². The van der Waals surface area contributed by atoms with Crippen molar-refractivity contribution in [1.82, 2.24) is 14.8 Å². The Morgan fingerprint density at radius 2 is 2.10 bits per heavy atom. The first-order chi connectivity index (χ1) is 4.83. The minimum Gasteiger partial charge on any atom is -0.389 e. The van der Waals surface area contributed by atoms with E-state index in [1.807, 2.05) is 0 Å². The number of hydrogen-bond acceptors (Lipinski definition) is 3. The van der Waals surface area contributed by atoms with Gasteiger partial charge in [-0.3, -0.25) is 0 Å². The third-order valence-electron chi connectivity index (χ3n) is 1.07. The molecule has 1 aromatic rings. The number of rotatable bonds is 3. The van der Waals surface area contributed by atoms with Gasteiger partial charge in [0.25, 0.3) is 0 Å². The second-order valence-corrected chi connectivity index (χ2v) is 1.97. The molecule has 0 aliphatic heterocycles. The van der Waals surface area contributed by atoms with Crippen LogP contribution in [0.1, 0.15) is 0 Å². The fourth-order valence-corrected chi connectivity index (χ4v) is 0.609. The summed E-state index contributed by atoms with van der Waals surface area (Å²) in [4.78, 5) is 0. The van der Waals surface area contributed by atoms with Crippen LogP contribution in [0.5, 0.6) is 0 Å². The lowest BCUT2D eigenvalue weighted by Crippen LogP contribution is -2.16. The van der Waals surface area contributed by atoms with E-state index in [0.29, 0.717) is 0 Å². The Hall–Kier alpha value is -0.970. The van der Waals surface area contributed by atoms with Crippen molar-refractivity contribution in [3.8, 4) is 0 Å². The molecule has 0 radical (unpaired) electrons. The summed E-state index contributed by atoms with van der Waals surface area (Å²) in [5, 5.41) is 15.8. The predicted octanol–water partition coefficient (Wildman–Crippen LogP) is -0.391. The van der Waals surface area contributed by atoms with Gasteiger partial charge in [0.1, 0.15) is 25.4 Å². The molecule has 0 saturated carbocycles. The summed E-state index contributed by atoms with van der Waals surface area (Å²) in [6.45, 7) is -0.526. The van der Waals surface area contributed by atoms with Gasteiger partial charge >= 0.3 is 0 Å². The number of aromatic nitrogens is 3. The van der Waals surface area contributed by atoms with Gasteiger partial charge in [-0.2, -0.15) is 0 Å². The monoisotopic (exact) mass is 145 g/mol. The molecule has 0 bridgehead atoms. The number of nitrogens with zero attached hydrogens (tertiary/aromatic N) is 3. The minimum atomic E-state index is -0.948. The molecule has 4 nitrogen and oxygen atoms in total. The summed E-state index contributed by atoms with van der Waals surface area (Å²) in [5.41, 5.74) is 0. The average Bonchev–Trinajstić information content (AvgIpc) is 2.40. The van der Waals surface area contributed by atoms with Gasteiger partial charge in [-0.15, -0.1) is 10.2 Å². The highest BCUT2D eigenvalue weighted by Gasteiger charge is 2.02. The molecule has 1 heterocycles. The van der Waals surface area contributed by atoms with E-state index in [2.05, 4.69) is 10.2 Å². The lowest BCUT2D eigenvalue weighted by atomic mass is 10.4. The number of aliphatic hydroxyl groups excluding tert-OH is 1. The van der Waals surface area contributed by atoms with Crippen molar-refractivity contribution >= 4 is 0 Å². The van der Waals surface area contributed by atoms with Gasteiger partial charge in [0.15, 0.2) is 0 Å². The quantitative estimate of drug-likeness (QED) is 0.630. The van der Waals surface area contributed by atoms with E-state index in [1.54, 1.807) is 0 Å². The zero-order valence-electron chi connectivity index (χ0n) is 5.31. The predicted molar refractivity (Wildman–Crippen MR) is 32.0 cm³/mol. The first kappa shape index (κ1) is 7.14. The largest absolute Gasteiger partial charge is 0.389 e. The highest BCUT2D eigenvalue weighted by Crippen LogP contribution is 1.90. The normalized spacial score (nSPS) is 13.4. The van der Waals surface area contributed by atoms with Crippen molar-refractivity contribution in [2.24, 2.45) is 0 Å². The topological polar surface area (TPSA) is 50.9 Å². The van der Waals surface area contributed by atoms with Gasteiger partial charge in [0, 0.05) is 0 Å². The number of alkyl halides is 1. The molecule has 56 valence electrons. The first-order valence-electron chi connectivity index (χ1n) is 2.89. The van der Waals surface area contributed by atoms with Crippen LogP contribution in [0.4, 0.5) is 4.39 Å². The van der Waals surface area contributed by atoms with Gasteiger partial charge in [-0.05, 0) is 0 Å². The summed E-state index contributed by atoms with van der Waals surface area (Å²) in [6.07, 6.45) is 1.91. The van der Waals surface area contributed by atoms with Gasteiger partial charge in [0.2, 0.25) is 0 Å². The van der Waals surface area contributed by atoms with Crippen LogP contribution in [-0.2, 0) is 6.54 Å². The molecular weight excluding hydrogens is 137 g/mol. The minimum absolute atomic E-state index is 0.212. The Labute approximate surface area is 57.3 Å². The number of aliphatic hydroxyl groups is 1.